The zero-order valence-corrected chi connectivity index (χ0v) is 13.3. The minimum Gasteiger partial charge on any atom is -0.384 e. The standard InChI is InChI=1S/C16H24F3NS/c1-2-3-4-5-6-9-12-20-14-10-7-8-11-15(14)21-13-16(17,18)19/h7-8,10-11,20H,2-6,9,12-13H2,1H3. The Balaban J connectivity index is 2.31. The average molecular weight is 319 g/mol. The van der Waals surface area contributed by atoms with Gasteiger partial charge >= 0.3 is 6.18 Å². The summed E-state index contributed by atoms with van der Waals surface area (Å²) in [6.07, 6.45) is 3.13. The predicted octanol–water partition coefficient (Wildman–Crippen LogP) is 6.11. The molecule has 0 atom stereocenters. The molecule has 120 valence electrons. The Hall–Kier alpha value is -0.840. The van der Waals surface area contributed by atoms with Crippen LogP contribution in [0.4, 0.5) is 18.9 Å². The molecule has 0 amide bonds. The first-order valence-electron chi connectivity index (χ1n) is 7.55. The van der Waals surface area contributed by atoms with Gasteiger partial charge in [0, 0.05) is 17.1 Å². The first-order valence-corrected chi connectivity index (χ1v) is 8.54. The number of alkyl halides is 3. The van der Waals surface area contributed by atoms with Gasteiger partial charge in [-0.05, 0) is 18.6 Å². The van der Waals surface area contributed by atoms with E-state index in [2.05, 4.69) is 12.2 Å². The highest BCUT2D eigenvalue weighted by molar-refractivity contribution is 7.99. The number of anilines is 1. The van der Waals surface area contributed by atoms with Gasteiger partial charge in [0.15, 0.2) is 0 Å². The number of benzene rings is 1. The van der Waals surface area contributed by atoms with Crippen molar-refractivity contribution in [3.8, 4) is 0 Å². The molecule has 0 spiro atoms. The highest BCUT2D eigenvalue weighted by Crippen LogP contribution is 2.32. The van der Waals surface area contributed by atoms with Crippen molar-refractivity contribution < 1.29 is 13.2 Å². The average Bonchev–Trinajstić information content (AvgIpc) is 2.44. The molecule has 5 heteroatoms. The highest BCUT2D eigenvalue weighted by Gasteiger charge is 2.27. The maximum Gasteiger partial charge on any atom is 0.398 e. The molecular weight excluding hydrogens is 295 g/mol. The van der Waals surface area contributed by atoms with Crippen LogP contribution in [0.25, 0.3) is 0 Å². The summed E-state index contributed by atoms with van der Waals surface area (Å²) in [6, 6.07) is 7.20. The van der Waals surface area contributed by atoms with Gasteiger partial charge in [-0.3, -0.25) is 0 Å². The summed E-state index contributed by atoms with van der Waals surface area (Å²) in [6.45, 7) is 3.01. The third-order valence-electron chi connectivity index (χ3n) is 3.12. The van der Waals surface area contributed by atoms with Crippen LogP contribution >= 0.6 is 11.8 Å². The Morgan fingerprint density at radius 1 is 1.00 bits per heavy atom. The maximum absolute atomic E-state index is 12.3. The number of hydrogen-bond acceptors (Lipinski definition) is 2. The monoisotopic (exact) mass is 319 g/mol. The lowest BCUT2D eigenvalue weighted by Gasteiger charge is -2.12. The second kappa shape index (κ2) is 9.98. The second-order valence-electron chi connectivity index (χ2n) is 5.09. The number of thioether (sulfide) groups is 1. The van der Waals surface area contributed by atoms with Gasteiger partial charge in [0.1, 0.15) is 0 Å². The SMILES string of the molecule is CCCCCCCCNc1ccccc1SCC(F)(F)F. The fourth-order valence-electron chi connectivity index (χ4n) is 2.03. The van der Waals surface area contributed by atoms with Crippen LogP contribution in [0.1, 0.15) is 45.4 Å². The van der Waals surface area contributed by atoms with Gasteiger partial charge in [-0.25, -0.2) is 0 Å². The molecule has 1 N–H and O–H groups in total. The van der Waals surface area contributed by atoms with Crippen LogP contribution in [0.2, 0.25) is 0 Å². The molecule has 0 radical (unpaired) electrons. The summed E-state index contributed by atoms with van der Waals surface area (Å²) in [4.78, 5) is 0.667. The molecule has 0 aliphatic carbocycles. The molecule has 21 heavy (non-hydrogen) atoms. The van der Waals surface area contributed by atoms with E-state index < -0.39 is 11.9 Å². The molecular formula is C16H24F3NS. The van der Waals surface area contributed by atoms with Crippen molar-refractivity contribution in [2.45, 2.75) is 56.5 Å². The lowest BCUT2D eigenvalue weighted by atomic mass is 10.1. The van der Waals surface area contributed by atoms with Crippen LogP contribution < -0.4 is 5.32 Å². The topological polar surface area (TPSA) is 12.0 Å². The number of unbranched alkanes of at least 4 members (excludes halogenated alkanes) is 5. The van der Waals surface area contributed by atoms with Crippen LogP contribution in [0.15, 0.2) is 29.2 Å². The van der Waals surface area contributed by atoms with Gasteiger partial charge in [-0.15, -0.1) is 11.8 Å². The molecule has 1 aromatic carbocycles. The summed E-state index contributed by atoms with van der Waals surface area (Å²) in [5, 5.41) is 3.25. The van der Waals surface area contributed by atoms with Crippen LogP contribution in [0.5, 0.6) is 0 Å². The molecule has 0 aliphatic rings. The Morgan fingerprint density at radius 3 is 2.38 bits per heavy atom. The van der Waals surface area contributed by atoms with E-state index in [0.29, 0.717) is 4.90 Å². The number of para-hydroxylation sites is 1. The first kappa shape index (κ1) is 18.2. The zero-order chi connectivity index (χ0) is 15.6. The summed E-state index contributed by atoms with van der Waals surface area (Å²) in [7, 11) is 0. The van der Waals surface area contributed by atoms with Gasteiger partial charge < -0.3 is 5.32 Å². The minimum atomic E-state index is -4.13. The molecule has 0 saturated carbocycles. The van der Waals surface area contributed by atoms with Crippen molar-refractivity contribution in [1.82, 2.24) is 0 Å². The quantitative estimate of drug-likeness (QED) is 0.412. The number of hydrogen-bond donors (Lipinski definition) is 1. The Morgan fingerprint density at radius 2 is 1.67 bits per heavy atom. The van der Waals surface area contributed by atoms with Crippen molar-refractivity contribution in [3.05, 3.63) is 24.3 Å². The third-order valence-corrected chi connectivity index (χ3v) is 4.26. The van der Waals surface area contributed by atoms with Gasteiger partial charge in [0.25, 0.3) is 0 Å². The van der Waals surface area contributed by atoms with E-state index in [9.17, 15) is 13.2 Å². The molecule has 0 aromatic heterocycles. The van der Waals surface area contributed by atoms with Gasteiger partial charge in [-0.2, -0.15) is 13.2 Å². The first-order chi connectivity index (χ1) is 10.0. The van der Waals surface area contributed by atoms with E-state index >= 15 is 0 Å². The number of nitrogens with one attached hydrogen (secondary N) is 1. The Bertz CT molecular complexity index is 393. The molecule has 0 aliphatic heterocycles. The van der Waals surface area contributed by atoms with Crippen molar-refractivity contribution in [3.63, 3.8) is 0 Å². The lowest BCUT2D eigenvalue weighted by molar-refractivity contribution is -0.105. The molecule has 1 rings (SSSR count). The molecule has 1 nitrogen and oxygen atoms in total. The van der Waals surface area contributed by atoms with E-state index in [0.717, 1.165) is 30.4 Å². The summed E-state index contributed by atoms with van der Waals surface area (Å²) in [5.74, 6) is -0.845. The predicted molar refractivity (Wildman–Crippen MR) is 85.1 cm³/mol. The van der Waals surface area contributed by atoms with E-state index in [-0.39, 0.29) is 0 Å². The summed E-state index contributed by atoms with van der Waals surface area (Å²) >= 11 is 0.841. The van der Waals surface area contributed by atoms with Gasteiger partial charge in [0.05, 0.1) is 5.75 Å². The van der Waals surface area contributed by atoms with Crippen LogP contribution in [-0.4, -0.2) is 18.5 Å². The molecule has 0 fully saturated rings. The smallest absolute Gasteiger partial charge is 0.384 e. The molecule has 0 bridgehead atoms. The highest BCUT2D eigenvalue weighted by atomic mass is 32.2. The third kappa shape index (κ3) is 8.91. The Kier molecular flexibility index (Phi) is 8.66. The fraction of sp³-hybridized carbons (Fsp3) is 0.625. The second-order valence-corrected chi connectivity index (χ2v) is 6.11. The number of halogens is 3. The lowest BCUT2D eigenvalue weighted by Crippen LogP contribution is -2.11. The van der Waals surface area contributed by atoms with E-state index in [1.54, 1.807) is 12.1 Å². The normalized spacial score (nSPS) is 11.6. The van der Waals surface area contributed by atoms with Crippen molar-refractivity contribution >= 4 is 17.4 Å². The van der Waals surface area contributed by atoms with E-state index in [4.69, 9.17) is 0 Å². The molecule has 0 heterocycles. The zero-order valence-electron chi connectivity index (χ0n) is 12.5. The van der Waals surface area contributed by atoms with Crippen molar-refractivity contribution in [2.75, 3.05) is 17.6 Å². The van der Waals surface area contributed by atoms with Crippen molar-refractivity contribution in [2.24, 2.45) is 0 Å². The van der Waals surface area contributed by atoms with Gasteiger partial charge in [-0.1, -0.05) is 51.2 Å². The summed E-state index contributed by atoms with van der Waals surface area (Å²) in [5.41, 5.74) is 0.806. The largest absolute Gasteiger partial charge is 0.398 e. The molecule has 0 saturated heterocycles. The van der Waals surface area contributed by atoms with Crippen LogP contribution in [0, 0.1) is 0 Å². The Labute approximate surface area is 129 Å². The summed E-state index contributed by atoms with van der Waals surface area (Å²) < 4.78 is 36.9. The van der Waals surface area contributed by atoms with Gasteiger partial charge in [0.2, 0.25) is 0 Å². The fourth-order valence-corrected chi connectivity index (χ4v) is 2.82. The maximum atomic E-state index is 12.3. The van der Waals surface area contributed by atoms with E-state index in [1.807, 2.05) is 12.1 Å². The minimum absolute atomic E-state index is 0.667. The van der Waals surface area contributed by atoms with Crippen LogP contribution in [0.3, 0.4) is 0 Å². The van der Waals surface area contributed by atoms with Crippen molar-refractivity contribution in [1.29, 1.82) is 0 Å². The van der Waals surface area contributed by atoms with Crippen LogP contribution in [-0.2, 0) is 0 Å². The molecule has 1 aromatic rings. The molecule has 0 unspecified atom stereocenters. The number of rotatable bonds is 10. The van der Waals surface area contributed by atoms with E-state index in [1.165, 1.54) is 32.1 Å².